The van der Waals surface area contributed by atoms with Gasteiger partial charge >= 0.3 is 0 Å². The van der Waals surface area contributed by atoms with E-state index in [0.717, 1.165) is 38.7 Å². The number of hydrogen-bond acceptors (Lipinski definition) is 5. The number of piperidine rings is 1. The molecule has 158 valence electrons. The van der Waals surface area contributed by atoms with Gasteiger partial charge in [-0.05, 0) is 73.5 Å². The molecular formula is C24H25BrN6. The van der Waals surface area contributed by atoms with E-state index in [2.05, 4.69) is 54.4 Å². The van der Waals surface area contributed by atoms with Gasteiger partial charge in [-0.3, -0.25) is 9.58 Å². The number of aryl methyl sites for hydroxylation is 1. The van der Waals surface area contributed by atoms with E-state index in [0.29, 0.717) is 5.95 Å². The minimum absolute atomic E-state index is 0.599. The number of likely N-dealkylation sites (tertiary alicyclic amines) is 1. The van der Waals surface area contributed by atoms with E-state index in [1.54, 1.807) is 0 Å². The molecule has 0 bridgehead atoms. The molecule has 1 N–H and O–H groups in total. The van der Waals surface area contributed by atoms with Crippen LogP contribution in [-0.2, 0) is 13.6 Å². The van der Waals surface area contributed by atoms with Crippen LogP contribution in [0.25, 0.3) is 22.0 Å². The quantitative estimate of drug-likeness (QED) is 0.410. The number of hydrogen-bond donors (Lipinski definition) is 1. The van der Waals surface area contributed by atoms with Crippen molar-refractivity contribution in [2.24, 2.45) is 7.05 Å². The van der Waals surface area contributed by atoms with Crippen molar-refractivity contribution >= 4 is 38.5 Å². The van der Waals surface area contributed by atoms with Crippen LogP contribution in [0.2, 0.25) is 0 Å². The van der Waals surface area contributed by atoms with Gasteiger partial charge in [-0.2, -0.15) is 5.10 Å². The normalized spacial score (nSPS) is 14.8. The highest BCUT2D eigenvalue weighted by atomic mass is 79.9. The van der Waals surface area contributed by atoms with Crippen molar-refractivity contribution in [3.63, 3.8) is 0 Å². The molecule has 7 heteroatoms. The monoisotopic (exact) mass is 476 g/mol. The van der Waals surface area contributed by atoms with Crippen LogP contribution in [-0.4, -0.2) is 37.7 Å². The molecule has 0 aliphatic carbocycles. The Morgan fingerprint density at radius 3 is 2.68 bits per heavy atom. The van der Waals surface area contributed by atoms with Gasteiger partial charge in [0.2, 0.25) is 5.95 Å². The van der Waals surface area contributed by atoms with Gasteiger partial charge in [0.25, 0.3) is 0 Å². The van der Waals surface area contributed by atoms with Gasteiger partial charge in [0.1, 0.15) is 0 Å². The fraction of sp³-hybridized carbons (Fsp3) is 0.292. The summed E-state index contributed by atoms with van der Waals surface area (Å²) >= 11 is 3.50. The lowest BCUT2D eigenvalue weighted by Gasteiger charge is -2.26. The minimum Gasteiger partial charge on any atom is -0.324 e. The summed E-state index contributed by atoms with van der Waals surface area (Å²) in [5.74, 6) is 0.599. The second-order valence-corrected chi connectivity index (χ2v) is 9.10. The number of aromatic nitrogens is 4. The standard InChI is InChI=1S/C24H25BrN6/c1-30-16-20(14-27-30)18-9-17(15-31-7-3-2-4-8-31)10-22(12-18)28-24-26-13-19-11-21(25)5-6-23(19)29-24/h5-6,9-14,16H,2-4,7-8,15H2,1H3,(H,26,28,29). The van der Waals surface area contributed by atoms with Gasteiger partial charge in [0.15, 0.2) is 0 Å². The number of anilines is 2. The van der Waals surface area contributed by atoms with Crippen LogP contribution in [0.15, 0.2) is 59.5 Å². The number of fused-ring (bicyclic) bond motifs is 1. The third-order valence-corrected chi connectivity index (χ3v) is 6.18. The lowest BCUT2D eigenvalue weighted by molar-refractivity contribution is 0.221. The Hall–Kier alpha value is -2.77. The maximum Gasteiger partial charge on any atom is 0.227 e. The molecule has 3 heterocycles. The average molecular weight is 477 g/mol. The molecule has 1 aliphatic heterocycles. The molecule has 2 aromatic heterocycles. The zero-order valence-electron chi connectivity index (χ0n) is 17.6. The Morgan fingerprint density at radius 2 is 1.87 bits per heavy atom. The molecule has 0 amide bonds. The highest BCUT2D eigenvalue weighted by Gasteiger charge is 2.13. The summed E-state index contributed by atoms with van der Waals surface area (Å²) in [7, 11) is 1.95. The predicted molar refractivity (Wildman–Crippen MR) is 128 cm³/mol. The number of halogens is 1. The lowest BCUT2D eigenvalue weighted by atomic mass is 10.0. The van der Waals surface area contributed by atoms with Crippen molar-refractivity contribution < 1.29 is 0 Å². The summed E-state index contributed by atoms with van der Waals surface area (Å²) in [5.41, 5.74) is 5.45. The first-order chi connectivity index (χ1) is 15.1. The molecular weight excluding hydrogens is 452 g/mol. The Kier molecular flexibility index (Phi) is 5.70. The molecule has 4 aromatic rings. The molecule has 0 spiro atoms. The first-order valence-corrected chi connectivity index (χ1v) is 11.5. The summed E-state index contributed by atoms with van der Waals surface area (Å²) in [5, 5.41) is 8.79. The molecule has 5 rings (SSSR count). The van der Waals surface area contributed by atoms with Crippen molar-refractivity contribution in [2.45, 2.75) is 25.8 Å². The molecule has 31 heavy (non-hydrogen) atoms. The first-order valence-electron chi connectivity index (χ1n) is 10.7. The number of nitrogens with one attached hydrogen (secondary N) is 1. The molecule has 0 atom stereocenters. The fourth-order valence-corrected chi connectivity index (χ4v) is 4.54. The van der Waals surface area contributed by atoms with Crippen molar-refractivity contribution in [1.29, 1.82) is 0 Å². The third-order valence-electron chi connectivity index (χ3n) is 5.68. The summed E-state index contributed by atoms with van der Waals surface area (Å²) in [6.07, 6.45) is 9.73. The number of benzene rings is 2. The van der Waals surface area contributed by atoms with Crippen LogP contribution in [0.1, 0.15) is 24.8 Å². The van der Waals surface area contributed by atoms with E-state index in [1.165, 1.54) is 37.9 Å². The van der Waals surface area contributed by atoms with E-state index in [1.807, 2.05) is 48.5 Å². The smallest absolute Gasteiger partial charge is 0.227 e. The van der Waals surface area contributed by atoms with Crippen LogP contribution < -0.4 is 5.32 Å². The Balaban J connectivity index is 1.47. The largest absolute Gasteiger partial charge is 0.324 e. The SMILES string of the molecule is Cn1cc(-c2cc(CN3CCCCC3)cc(Nc3ncc4cc(Br)ccc4n3)c2)cn1. The van der Waals surface area contributed by atoms with Gasteiger partial charge in [-0.25, -0.2) is 9.97 Å². The van der Waals surface area contributed by atoms with Crippen LogP contribution in [0.3, 0.4) is 0 Å². The highest BCUT2D eigenvalue weighted by Crippen LogP contribution is 2.28. The predicted octanol–water partition coefficient (Wildman–Crippen LogP) is 5.52. The maximum absolute atomic E-state index is 4.69. The molecule has 0 unspecified atom stereocenters. The van der Waals surface area contributed by atoms with E-state index >= 15 is 0 Å². The van der Waals surface area contributed by atoms with Gasteiger partial charge in [0, 0.05) is 47.1 Å². The summed E-state index contributed by atoms with van der Waals surface area (Å²) in [6.45, 7) is 3.29. The second kappa shape index (κ2) is 8.77. The van der Waals surface area contributed by atoms with Gasteiger partial charge < -0.3 is 5.32 Å². The molecule has 1 saturated heterocycles. The summed E-state index contributed by atoms with van der Waals surface area (Å²) in [4.78, 5) is 11.8. The first kappa shape index (κ1) is 20.2. The molecule has 2 aromatic carbocycles. The van der Waals surface area contributed by atoms with Crippen molar-refractivity contribution in [2.75, 3.05) is 18.4 Å². The highest BCUT2D eigenvalue weighted by molar-refractivity contribution is 9.10. The fourth-order valence-electron chi connectivity index (χ4n) is 4.16. The van der Waals surface area contributed by atoms with Crippen molar-refractivity contribution in [3.05, 3.63) is 65.0 Å². The average Bonchev–Trinajstić information content (AvgIpc) is 3.21. The Labute approximate surface area is 190 Å². The van der Waals surface area contributed by atoms with E-state index in [4.69, 9.17) is 4.98 Å². The number of nitrogens with zero attached hydrogens (tertiary/aromatic N) is 5. The maximum atomic E-state index is 4.69. The second-order valence-electron chi connectivity index (χ2n) is 8.18. The minimum atomic E-state index is 0.599. The van der Waals surface area contributed by atoms with Crippen molar-refractivity contribution in [3.8, 4) is 11.1 Å². The number of rotatable bonds is 5. The van der Waals surface area contributed by atoms with Crippen LogP contribution in [0.4, 0.5) is 11.6 Å². The third kappa shape index (κ3) is 4.78. The molecule has 1 fully saturated rings. The molecule has 0 saturated carbocycles. The Bertz CT molecular complexity index is 1210. The molecule has 6 nitrogen and oxygen atoms in total. The summed E-state index contributed by atoms with van der Waals surface area (Å²) in [6, 6.07) is 12.7. The van der Waals surface area contributed by atoms with Gasteiger partial charge in [-0.1, -0.05) is 22.4 Å². The molecule has 1 aliphatic rings. The molecule has 0 radical (unpaired) electrons. The summed E-state index contributed by atoms with van der Waals surface area (Å²) < 4.78 is 2.86. The van der Waals surface area contributed by atoms with Crippen LogP contribution >= 0.6 is 15.9 Å². The van der Waals surface area contributed by atoms with Crippen LogP contribution in [0, 0.1) is 0 Å². The van der Waals surface area contributed by atoms with E-state index < -0.39 is 0 Å². The van der Waals surface area contributed by atoms with E-state index in [9.17, 15) is 0 Å². The van der Waals surface area contributed by atoms with Crippen LogP contribution in [0.5, 0.6) is 0 Å². The Morgan fingerprint density at radius 1 is 1.00 bits per heavy atom. The lowest BCUT2D eigenvalue weighted by Crippen LogP contribution is -2.29. The van der Waals surface area contributed by atoms with Gasteiger partial charge in [-0.15, -0.1) is 0 Å². The topological polar surface area (TPSA) is 58.9 Å². The van der Waals surface area contributed by atoms with Gasteiger partial charge in [0.05, 0.1) is 11.7 Å². The van der Waals surface area contributed by atoms with Crippen molar-refractivity contribution in [1.82, 2.24) is 24.6 Å². The zero-order valence-corrected chi connectivity index (χ0v) is 19.1. The van der Waals surface area contributed by atoms with E-state index in [-0.39, 0.29) is 0 Å². The zero-order chi connectivity index (χ0) is 21.2.